The molecule has 0 bridgehead atoms. The number of benzene rings is 8. The maximum Gasteiger partial charge on any atom is 0.137 e. The Balaban J connectivity index is 1.12. The van der Waals surface area contributed by atoms with Crippen LogP contribution in [0.2, 0.25) is 0 Å². The fourth-order valence-corrected chi connectivity index (χ4v) is 7.49. The van der Waals surface area contributed by atoms with E-state index >= 15 is 0 Å². The number of rotatable bonds is 5. The summed E-state index contributed by atoms with van der Waals surface area (Å²) in [7, 11) is 0. The highest BCUT2D eigenvalue weighted by atomic mass is 16.3. The molecule has 10 aromatic rings. The molecule has 0 amide bonds. The second kappa shape index (κ2) is 11.0. The van der Waals surface area contributed by atoms with Gasteiger partial charge in [0.2, 0.25) is 0 Å². The summed E-state index contributed by atoms with van der Waals surface area (Å²) in [6, 6.07) is 64.8. The molecule has 2 aromatic heterocycles. The van der Waals surface area contributed by atoms with E-state index in [-0.39, 0.29) is 0 Å². The highest BCUT2D eigenvalue weighted by molar-refractivity contribution is 6.19. The van der Waals surface area contributed by atoms with Gasteiger partial charge in [0, 0.05) is 55.7 Å². The number of anilines is 3. The maximum absolute atomic E-state index is 6.58. The Kier molecular flexibility index (Phi) is 6.18. The molecule has 0 spiro atoms. The van der Waals surface area contributed by atoms with Gasteiger partial charge in [-0.15, -0.1) is 0 Å². The molecule has 3 heteroatoms. The van der Waals surface area contributed by atoms with Crippen LogP contribution in [0.3, 0.4) is 0 Å². The van der Waals surface area contributed by atoms with E-state index in [0.29, 0.717) is 0 Å². The first kappa shape index (κ1) is 27.5. The van der Waals surface area contributed by atoms with Crippen molar-refractivity contribution in [3.05, 3.63) is 182 Å². The minimum absolute atomic E-state index is 0.870. The quantitative estimate of drug-likeness (QED) is 0.190. The van der Waals surface area contributed by atoms with Gasteiger partial charge in [0.15, 0.2) is 0 Å². The molecule has 230 valence electrons. The summed E-state index contributed by atoms with van der Waals surface area (Å²) >= 11 is 0. The third-order valence-electron chi connectivity index (χ3n) is 9.76. The third-order valence-corrected chi connectivity index (χ3v) is 9.76. The summed E-state index contributed by atoms with van der Waals surface area (Å²) in [5.74, 6) is 0. The Hall–Kier alpha value is -6.58. The van der Waals surface area contributed by atoms with Crippen LogP contribution in [0.4, 0.5) is 17.1 Å². The molecule has 0 aliphatic rings. The van der Waals surface area contributed by atoms with Crippen LogP contribution in [0, 0.1) is 0 Å². The molecular weight excluding hydrogens is 597 g/mol. The lowest BCUT2D eigenvalue weighted by atomic mass is 10.0. The van der Waals surface area contributed by atoms with Crippen molar-refractivity contribution < 1.29 is 4.42 Å². The summed E-state index contributed by atoms with van der Waals surface area (Å²) < 4.78 is 8.97. The number of aromatic nitrogens is 1. The van der Waals surface area contributed by atoms with Gasteiger partial charge < -0.3 is 13.9 Å². The minimum Gasteiger partial charge on any atom is -0.456 e. The number of nitrogens with zero attached hydrogens (tertiary/aromatic N) is 2. The van der Waals surface area contributed by atoms with Gasteiger partial charge in [-0.3, -0.25) is 0 Å². The zero-order chi connectivity index (χ0) is 32.3. The molecule has 3 nitrogen and oxygen atoms in total. The van der Waals surface area contributed by atoms with Crippen LogP contribution in [-0.2, 0) is 0 Å². The van der Waals surface area contributed by atoms with Crippen molar-refractivity contribution in [3.8, 4) is 16.8 Å². The van der Waals surface area contributed by atoms with E-state index in [1.807, 2.05) is 0 Å². The normalized spacial score (nSPS) is 11.7. The molecule has 0 aliphatic heterocycles. The van der Waals surface area contributed by atoms with Gasteiger partial charge in [0.1, 0.15) is 11.2 Å². The van der Waals surface area contributed by atoms with Gasteiger partial charge in [-0.05, 0) is 77.2 Å². The van der Waals surface area contributed by atoms with Crippen molar-refractivity contribution in [2.24, 2.45) is 0 Å². The molecule has 0 radical (unpaired) electrons. The number of fused-ring (bicyclic) bond motifs is 8. The van der Waals surface area contributed by atoms with E-state index in [4.69, 9.17) is 4.42 Å². The predicted octanol–water partition coefficient (Wildman–Crippen LogP) is 13.0. The topological polar surface area (TPSA) is 21.3 Å². The van der Waals surface area contributed by atoms with Crippen LogP contribution >= 0.6 is 0 Å². The first-order valence-electron chi connectivity index (χ1n) is 16.7. The molecule has 2 heterocycles. The highest BCUT2D eigenvalue weighted by Crippen LogP contribution is 2.41. The van der Waals surface area contributed by atoms with Crippen molar-refractivity contribution in [2.75, 3.05) is 4.90 Å². The Morgan fingerprint density at radius 3 is 1.88 bits per heavy atom. The van der Waals surface area contributed by atoms with Crippen molar-refractivity contribution >= 4 is 71.6 Å². The van der Waals surface area contributed by atoms with Gasteiger partial charge >= 0.3 is 0 Å². The van der Waals surface area contributed by atoms with Crippen molar-refractivity contribution in [1.29, 1.82) is 0 Å². The SMILES string of the molecule is c1ccc(-c2ccc(N(c3ccccc3)c3ccc4oc5cc(-n6c7ccccc7c7ccc8ccccc8c76)ccc5c4c3)cc2)cc1. The first-order chi connectivity index (χ1) is 24.3. The molecule has 0 atom stereocenters. The van der Waals surface area contributed by atoms with E-state index in [2.05, 4.69) is 191 Å². The molecule has 0 aliphatic carbocycles. The second-order valence-electron chi connectivity index (χ2n) is 12.6. The Morgan fingerprint density at radius 1 is 0.388 bits per heavy atom. The lowest BCUT2D eigenvalue weighted by Crippen LogP contribution is -2.09. The minimum atomic E-state index is 0.870. The average molecular weight is 627 g/mol. The Labute approximate surface area is 283 Å². The van der Waals surface area contributed by atoms with Gasteiger partial charge in [-0.25, -0.2) is 0 Å². The molecule has 0 fully saturated rings. The van der Waals surface area contributed by atoms with Crippen molar-refractivity contribution in [3.63, 3.8) is 0 Å². The number of para-hydroxylation sites is 2. The van der Waals surface area contributed by atoms with Crippen molar-refractivity contribution in [1.82, 2.24) is 4.57 Å². The van der Waals surface area contributed by atoms with Gasteiger partial charge in [-0.2, -0.15) is 0 Å². The Bertz CT molecular complexity index is 2810. The molecule has 0 saturated carbocycles. The number of hydrogen-bond donors (Lipinski definition) is 0. The highest BCUT2D eigenvalue weighted by Gasteiger charge is 2.18. The van der Waals surface area contributed by atoms with Crippen LogP contribution in [0.25, 0.3) is 71.3 Å². The lowest BCUT2D eigenvalue weighted by molar-refractivity contribution is 0.668. The monoisotopic (exact) mass is 626 g/mol. The van der Waals surface area contributed by atoms with E-state index < -0.39 is 0 Å². The fraction of sp³-hybridized carbons (Fsp3) is 0. The van der Waals surface area contributed by atoms with Crippen LogP contribution in [0.5, 0.6) is 0 Å². The molecule has 0 unspecified atom stereocenters. The first-order valence-corrected chi connectivity index (χ1v) is 16.7. The van der Waals surface area contributed by atoms with Crippen molar-refractivity contribution in [2.45, 2.75) is 0 Å². The molecule has 0 saturated heterocycles. The molecular formula is C46H30N2O. The predicted molar refractivity (Wildman–Crippen MR) is 206 cm³/mol. The number of hydrogen-bond acceptors (Lipinski definition) is 2. The lowest BCUT2D eigenvalue weighted by Gasteiger charge is -2.25. The molecule has 10 rings (SSSR count). The van der Waals surface area contributed by atoms with Crippen LogP contribution in [0.15, 0.2) is 186 Å². The zero-order valence-corrected chi connectivity index (χ0v) is 26.6. The smallest absolute Gasteiger partial charge is 0.137 e. The molecule has 49 heavy (non-hydrogen) atoms. The van der Waals surface area contributed by atoms with Crippen LogP contribution < -0.4 is 4.90 Å². The third kappa shape index (κ3) is 4.44. The van der Waals surface area contributed by atoms with Gasteiger partial charge in [-0.1, -0.05) is 115 Å². The van der Waals surface area contributed by atoms with Crippen LogP contribution in [0.1, 0.15) is 0 Å². The van der Waals surface area contributed by atoms with Gasteiger partial charge in [0.05, 0.1) is 11.0 Å². The summed E-state index contributed by atoms with van der Waals surface area (Å²) in [6.45, 7) is 0. The Morgan fingerprint density at radius 2 is 1.04 bits per heavy atom. The summed E-state index contributed by atoms with van der Waals surface area (Å²) in [4.78, 5) is 2.31. The summed E-state index contributed by atoms with van der Waals surface area (Å²) in [5.41, 5.74) is 10.9. The van der Waals surface area contributed by atoms with Gasteiger partial charge in [0.25, 0.3) is 0 Å². The summed E-state index contributed by atoms with van der Waals surface area (Å²) in [5, 5.41) is 7.15. The van der Waals surface area contributed by atoms with E-state index in [1.54, 1.807) is 0 Å². The second-order valence-corrected chi connectivity index (χ2v) is 12.6. The largest absolute Gasteiger partial charge is 0.456 e. The summed E-state index contributed by atoms with van der Waals surface area (Å²) in [6.07, 6.45) is 0. The zero-order valence-electron chi connectivity index (χ0n) is 26.6. The van der Waals surface area contributed by atoms with E-state index in [1.165, 1.54) is 43.7 Å². The average Bonchev–Trinajstić information content (AvgIpc) is 3.71. The number of furan rings is 1. The standard InChI is InChI=1S/C46H30N2O/c1-3-11-31(12-4-1)32-19-22-35(23-20-32)47(34-14-5-2-6-15-34)36-25-28-44-42(29-36)40-27-24-37(30-45(40)49-44)48-43-18-10-9-17-39(43)41-26-21-33-13-7-8-16-38(33)46(41)48/h1-30H. The molecule has 8 aromatic carbocycles. The fourth-order valence-electron chi connectivity index (χ4n) is 7.49. The van der Waals surface area contributed by atoms with E-state index in [0.717, 1.165) is 44.7 Å². The molecule has 0 N–H and O–H groups in total. The maximum atomic E-state index is 6.58. The van der Waals surface area contributed by atoms with Crippen LogP contribution in [-0.4, -0.2) is 4.57 Å². The van der Waals surface area contributed by atoms with E-state index in [9.17, 15) is 0 Å².